The van der Waals surface area contributed by atoms with Crippen LogP contribution in [-0.2, 0) is 0 Å². The van der Waals surface area contributed by atoms with Gasteiger partial charge in [0.1, 0.15) is 5.56 Å². The molecule has 6 heteroatoms. The third-order valence-electron chi connectivity index (χ3n) is 3.79. The number of H-pyrrole nitrogens is 1. The van der Waals surface area contributed by atoms with Crippen molar-refractivity contribution in [1.29, 1.82) is 0 Å². The Bertz CT molecular complexity index is 736. The zero-order valence-electron chi connectivity index (χ0n) is 12.0. The normalized spacial score (nSPS) is 15.0. The van der Waals surface area contributed by atoms with Crippen LogP contribution in [0, 0.1) is 0 Å². The molecule has 0 saturated carbocycles. The van der Waals surface area contributed by atoms with Crippen molar-refractivity contribution in [3.8, 4) is 0 Å². The largest absolute Gasteiger partial charge is 0.368 e. The number of hydrogen-bond donors (Lipinski definition) is 1. The summed E-state index contributed by atoms with van der Waals surface area (Å²) in [6, 6.07) is 10.9. The minimum Gasteiger partial charge on any atom is -0.368 e. The van der Waals surface area contributed by atoms with E-state index in [9.17, 15) is 9.59 Å². The van der Waals surface area contributed by atoms with E-state index < -0.39 is 0 Å². The fraction of sp³-hybridized carbons (Fsp3) is 0.250. The number of aromatic amines is 1. The Hall–Kier alpha value is -2.27. The Morgan fingerprint density at radius 3 is 2.55 bits per heavy atom. The standard InChI is InChI=1S/C16H16ClN3O2/c17-12-3-1-4-13(11-12)19-7-9-20(10-8-19)16(22)14-5-2-6-18-15(14)21/h1-6,11H,7-10H2,(H,18,21). The molecule has 1 saturated heterocycles. The van der Waals surface area contributed by atoms with E-state index in [0.29, 0.717) is 18.1 Å². The molecule has 1 N–H and O–H groups in total. The fourth-order valence-electron chi connectivity index (χ4n) is 2.60. The topological polar surface area (TPSA) is 56.4 Å². The van der Waals surface area contributed by atoms with Crippen molar-refractivity contribution in [2.75, 3.05) is 31.1 Å². The number of benzene rings is 1. The monoisotopic (exact) mass is 317 g/mol. The SMILES string of the molecule is O=C(c1ccc[nH]c1=O)N1CCN(c2cccc(Cl)c2)CC1. The first-order valence-corrected chi connectivity index (χ1v) is 7.50. The lowest BCUT2D eigenvalue weighted by Crippen LogP contribution is -2.49. The van der Waals surface area contributed by atoms with Crippen LogP contribution in [0.15, 0.2) is 47.4 Å². The second kappa shape index (κ2) is 6.23. The zero-order valence-corrected chi connectivity index (χ0v) is 12.7. The van der Waals surface area contributed by atoms with Crippen molar-refractivity contribution >= 4 is 23.2 Å². The Kier molecular flexibility index (Phi) is 4.15. The van der Waals surface area contributed by atoms with Crippen LogP contribution >= 0.6 is 11.6 Å². The van der Waals surface area contributed by atoms with Gasteiger partial charge in [0.2, 0.25) is 0 Å². The minimum absolute atomic E-state index is 0.193. The quantitative estimate of drug-likeness (QED) is 0.921. The van der Waals surface area contributed by atoms with Crippen LogP contribution in [0.4, 0.5) is 5.69 Å². The lowest BCUT2D eigenvalue weighted by molar-refractivity contribution is 0.0745. The summed E-state index contributed by atoms with van der Waals surface area (Å²) in [5.41, 5.74) is 0.903. The molecule has 0 spiro atoms. The average molecular weight is 318 g/mol. The molecule has 2 heterocycles. The van der Waals surface area contributed by atoms with Crippen LogP contribution in [0.2, 0.25) is 5.02 Å². The predicted molar refractivity (Wildman–Crippen MR) is 86.6 cm³/mol. The smallest absolute Gasteiger partial charge is 0.260 e. The molecule has 1 aromatic heterocycles. The molecule has 3 rings (SSSR count). The summed E-state index contributed by atoms with van der Waals surface area (Å²) in [5, 5.41) is 0.701. The lowest BCUT2D eigenvalue weighted by atomic mass is 10.2. The highest BCUT2D eigenvalue weighted by Gasteiger charge is 2.23. The number of carbonyl (C=O) groups is 1. The van der Waals surface area contributed by atoms with Crippen LogP contribution in [-0.4, -0.2) is 42.0 Å². The van der Waals surface area contributed by atoms with Crippen molar-refractivity contribution in [3.05, 3.63) is 63.5 Å². The van der Waals surface area contributed by atoms with Crippen LogP contribution in [0.1, 0.15) is 10.4 Å². The van der Waals surface area contributed by atoms with E-state index in [0.717, 1.165) is 18.8 Å². The van der Waals surface area contributed by atoms with E-state index in [2.05, 4.69) is 9.88 Å². The first-order valence-electron chi connectivity index (χ1n) is 7.12. The molecule has 0 radical (unpaired) electrons. The molecule has 0 bridgehead atoms. The van der Waals surface area contributed by atoms with Gasteiger partial charge >= 0.3 is 0 Å². The molecule has 1 aromatic carbocycles. The van der Waals surface area contributed by atoms with Crippen LogP contribution < -0.4 is 10.5 Å². The van der Waals surface area contributed by atoms with Crippen molar-refractivity contribution < 1.29 is 4.79 Å². The second-order valence-electron chi connectivity index (χ2n) is 5.17. The van der Waals surface area contributed by atoms with Crippen molar-refractivity contribution in [3.63, 3.8) is 0 Å². The highest BCUT2D eigenvalue weighted by molar-refractivity contribution is 6.30. The summed E-state index contributed by atoms with van der Waals surface area (Å²) >= 11 is 6.01. The molecule has 0 atom stereocenters. The summed E-state index contributed by atoms with van der Waals surface area (Å²) in [6.45, 7) is 2.60. The van der Waals surface area contributed by atoms with E-state index in [-0.39, 0.29) is 17.0 Å². The molecular weight excluding hydrogens is 302 g/mol. The maximum absolute atomic E-state index is 12.4. The van der Waals surface area contributed by atoms with Crippen LogP contribution in [0.3, 0.4) is 0 Å². The first kappa shape index (κ1) is 14.7. The number of rotatable bonds is 2. The number of halogens is 1. The highest BCUT2D eigenvalue weighted by atomic mass is 35.5. The Morgan fingerprint density at radius 1 is 1.09 bits per heavy atom. The number of hydrogen-bond acceptors (Lipinski definition) is 3. The van der Waals surface area contributed by atoms with Crippen molar-refractivity contribution in [1.82, 2.24) is 9.88 Å². The fourth-order valence-corrected chi connectivity index (χ4v) is 2.79. The minimum atomic E-state index is -0.343. The Labute approximate surface area is 133 Å². The zero-order chi connectivity index (χ0) is 15.5. The third kappa shape index (κ3) is 2.99. The molecule has 0 unspecified atom stereocenters. The molecule has 5 nitrogen and oxygen atoms in total. The summed E-state index contributed by atoms with van der Waals surface area (Å²) in [4.78, 5) is 30.5. The summed E-state index contributed by atoms with van der Waals surface area (Å²) in [5.74, 6) is -0.215. The van der Waals surface area contributed by atoms with Gasteiger partial charge in [-0.05, 0) is 30.3 Å². The maximum Gasteiger partial charge on any atom is 0.260 e. The predicted octanol–water partition coefficient (Wildman–Crippen LogP) is 1.99. The summed E-state index contributed by atoms with van der Waals surface area (Å²) in [7, 11) is 0. The van der Waals surface area contributed by atoms with Crippen LogP contribution in [0.25, 0.3) is 0 Å². The molecule has 1 amide bonds. The average Bonchev–Trinajstić information content (AvgIpc) is 2.55. The number of aromatic nitrogens is 1. The maximum atomic E-state index is 12.4. The number of pyridine rings is 1. The van der Waals surface area contributed by atoms with Gasteiger partial charge in [0.05, 0.1) is 0 Å². The molecule has 1 aliphatic heterocycles. The van der Waals surface area contributed by atoms with Gasteiger partial charge in [0.25, 0.3) is 11.5 Å². The van der Waals surface area contributed by atoms with Gasteiger partial charge in [0.15, 0.2) is 0 Å². The van der Waals surface area contributed by atoms with E-state index in [1.54, 1.807) is 17.0 Å². The van der Waals surface area contributed by atoms with E-state index in [1.165, 1.54) is 6.20 Å². The Balaban J connectivity index is 1.68. The van der Waals surface area contributed by atoms with E-state index in [1.807, 2.05) is 24.3 Å². The van der Waals surface area contributed by atoms with Gasteiger partial charge in [-0.3, -0.25) is 9.59 Å². The number of anilines is 1. The number of carbonyl (C=O) groups excluding carboxylic acids is 1. The van der Waals surface area contributed by atoms with Gasteiger partial charge in [-0.2, -0.15) is 0 Å². The third-order valence-corrected chi connectivity index (χ3v) is 4.02. The molecule has 114 valence electrons. The van der Waals surface area contributed by atoms with Crippen molar-refractivity contribution in [2.24, 2.45) is 0 Å². The Morgan fingerprint density at radius 2 is 1.86 bits per heavy atom. The van der Waals surface area contributed by atoms with Gasteiger partial charge in [0, 0.05) is 43.1 Å². The number of nitrogens with zero attached hydrogens (tertiary/aromatic N) is 2. The van der Waals surface area contributed by atoms with E-state index in [4.69, 9.17) is 11.6 Å². The molecule has 22 heavy (non-hydrogen) atoms. The molecule has 2 aromatic rings. The van der Waals surface area contributed by atoms with Crippen molar-refractivity contribution in [2.45, 2.75) is 0 Å². The molecular formula is C16H16ClN3O2. The summed E-state index contributed by atoms with van der Waals surface area (Å²) < 4.78 is 0. The number of amides is 1. The lowest BCUT2D eigenvalue weighted by Gasteiger charge is -2.36. The molecule has 0 aliphatic carbocycles. The second-order valence-corrected chi connectivity index (χ2v) is 5.61. The molecule has 1 aliphatic rings. The number of nitrogens with one attached hydrogen (secondary N) is 1. The van der Waals surface area contributed by atoms with Gasteiger partial charge in [-0.1, -0.05) is 17.7 Å². The van der Waals surface area contributed by atoms with Gasteiger partial charge < -0.3 is 14.8 Å². The summed E-state index contributed by atoms with van der Waals surface area (Å²) in [6.07, 6.45) is 1.52. The van der Waals surface area contributed by atoms with Crippen LogP contribution in [0.5, 0.6) is 0 Å². The molecule has 1 fully saturated rings. The van der Waals surface area contributed by atoms with Gasteiger partial charge in [-0.25, -0.2) is 0 Å². The number of piperazine rings is 1. The first-order chi connectivity index (χ1) is 10.6. The highest BCUT2D eigenvalue weighted by Crippen LogP contribution is 2.21. The van der Waals surface area contributed by atoms with E-state index >= 15 is 0 Å². The van der Waals surface area contributed by atoms with Gasteiger partial charge in [-0.15, -0.1) is 0 Å².